The van der Waals surface area contributed by atoms with Crippen LogP contribution < -0.4 is 10.6 Å². The molecule has 0 bridgehead atoms. The van der Waals surface area contributed by atoms with Gasteiger partial charge in [0.2, 0.25) is 17.6 Å². The van der Waals surface area contributed by atoms with Crippen LogP contribution in [0.15, 0.2) is 36.9 Å². The third-order valence-electron chi connectivity index (χ3n) is 6.82. The Morgan fingerprint density at radius 1 is 1.05 bits per heavy atom. The van der Waals surface area contributed by atoms with E-state index in [4.69, 9.17) is 14.2 Å². The fourth-order valence-electron chi connectivity index (χ4n) is 4.66. The standard InChI is InChI=1S/C28H40F4N4O6/c1-6-15-40-25(39)36-14-13-35(17-20(36)16-23(37)33-19-28(30,31)32)26(4,5)24(38)34-18-27(41-7-2,42-8-3)21-11-9-10-12-22(21)29/h6,9-12,20H,1,7-8,13-19H2,2-5H3,(H,33,37)(H,34,38)/t20-/m1/s1. The number of alkyl halides is 3. The zero-order valence-electron chi connectivity index (χ0n) is 24.4. The monoisotopic (exact) mass is 604 g/mol. The van der Waals surface area contributed by atoms with Crippen LogP contribution in [0, 0.1) is 5.82 Å². The summed E-state index contributed by atoms with van der Waals surface area (Å²) >= 11 is 0. The number of amides is 3. The molecule has 1 saturated heterocycles. The molecule has 10 nitrogen and oxygen atoms in total. The molecular formula is C28H40F4N4O6. The minimum atomic E-state index is -4.60. The molecule has 1 heterocycles. The lowest BCUT2D eigenvalue weighted by atomic mass is 9.96. The lowest BCUT2D eigenvalue weighted by molar-refractivity contribution is -0.240. The van der Waals surface area contributed by atoms with Crippen LogP contribution in [0.25, 0.3) is 0 Å². The smallest absolute Gasteiger partial charge is 0.410 e. The number of ether oxygens (including phenoxy) is 3. The maximum atomic E-state index is 14.8. The summed E-state index contributed by atoms with van der Waals surface area (Å²) in [6, 6.07) is 5.04. The number of benzene rings is 1. The highest BCUT2D eigenvalue weighted by molar-refractivity contribution is 5.85. The molecule has 0 aliphatic carbocycles. The van der Waals surface area contributed by atoms with Crippen molar-refractivity contribution in [3.8, 4) is 0 Å². The fourth-order valence-corrected chi connectivity index (χ4v) is 4.66. The Morgan fingerprint density at radius 2 is 1.69 bits per heavy atom. The van der Waals surface area contributed by atoms with Gasteiger partial charge in [-0.15, -0.1) is 0 Å². The Balaban J connectivity index is 2.23. The second-order valence-electron chi connectivity index (χ2n) is 10.1. The van der Waals surface area contributed by atoms with Crippen LogP contribution in [0.5, 0.6) is 0 Å². The van der Waals surface area contributed by atoms with E-state index in [1.807, 2.05) is 5.32 Å². The van der Waals surface area contributed by atoms with Crippen molar-refractivity contribution in [1.29, 1.82) is 0 Å². The molecule has 1 aliphatic rings. The van der Waals surface area contributed by atoms with Crippen molar-refractivity contribution in [2.45, 2.75) is 57.7 Å². The quantitative estimate of drug-likeness (QED) is 0.191. The third-order valence-corrected chi connectivity index (χ3v) is 6.82. The van der Waals surface area contributed by atoms with Gasteiger partial charge in [0.05, 0.1) is 18.1 Å². The van der Waals surface area contributed by atoms with Gasteiger partial charge < -0.3 is 29.7 Å². The number of piperazine rings is 1. The summed E-state index contributed by atoms with van der Waals surface area (Å²) in [6.45, 7) is 8.87. The second-order valence-corrected chi connectivity index (χ2v) is 10.1. The number of rotatable bonds is 14. The lowest BCUT2D eigenvalue weighted by Gasteiger charge is -2.46. The average Bonchev–Trinajstić information content (AvgIpc) is 2.93. The van der Waals surface area contributed by atoms with Crippen molar-refractivity contribution in [2.75, 3.05) is 52.5 Å². The summed E-state index contributed by atoms with van der Waals surface area (Å²) in [6.07, 6.45) is -4.44. The first-order valence-electron chi connectivity index (χ1n) is 13.6. The van der Waals surface area contributed by atoms with Gasteiger partial charge in [0, 0.05) is 44.8 Å². The van der Waals surface area contributed by atoms with Crippen LogP contribution in [0.1, 0.15) is 39.7 Å². The Morgan fingerprint density at radius 3 is 2.26 bits per heavy atom. The molecule has 0 unspecified atom stereocenters. The van der Waals surface area contributed by atoms with Crippen LogP contribution in [0.4, 0.5) is 22.4 Å². The van der Waals surface area contributed by atoms with Crippen LogP contribution >= 0.6 is 0 Å². The summed E-state index contributed by atoms with van der Waals surface area (Å²) in [5.41, 5.74) is -1.11. The molecule has 0 spiro atoms. The topological polar surface area (TPSA) is 109 Å². The largest absolute Gasteiger partial charge is 0.445 e. The average molecular weight is 605 g/mol. The molecule has 2 rings (SSSR count). The van der Waals surface area contributed by atoms with Crippen molar-refractivity contribution in [1.82, 2.24) is 20.4 Å². The summed E-state index contributed by atoms with van der Waals surface area (Å²) in [7, 11) is 0. The van der Waals surface area contributed by atoms with Gasteiger partial charge in [-0.3, -0.25) is 14.5 Å². The van der Waals surface area contributed by atoms with Gasteiger partial charge in [-0.05, 0) is 33.8 Å². The lowest BCUT2D eigenvalue weighted by Crippen LogP contribution is -2.65. The Hall–Kier alpha value is -3.23. The van der Waals surface area contributed by atoms with E-state index in [1.165, 1.54) is 29.2 Å². The number of halogens is 4. The molecule has 14 heteroatoms. The summed E-state index contributed by atoms with van der Waals surface area (Å²) < 4.78 is 69.5. The van der Waals surface area contributed by atoms with E-state index in [0.29, 0.717) is 0 Å². The molecule has 42 heavy (non-hydrogen) atoms. The van der Waals surface area contributed by atoms with Crippen molar-refractivity contribution >= 4 is 17.9 Å². The first kappa shape index (κ1) is 35.0. The highest BCUT2D eigenvalue weighted by atomic mass is 19.4. The first-order valence-corrected chi connectivity index (χ1v) is 13.6. The van der Waals surface area contributed by atoms with Crippen molar-refractivity contribution in [3.63, 3.8) is 0 Å². The number of nitrogens with zero attached hydrogens (tertiary/aromatic N) is 2. The Labute approximate surface area is 243 Å². The highest BCUT2D eigenvalue weighted by Gasteiger charge is 2.44. The van der Waals surface area contributed by atoms with E-state index in [-0.39, 0.29) is 51.6 Å². The minimum Gasteiger partial charge on any atom is -0.445 e. The predicted molar refractivity (Wildman–Crippen MR) is 146 cm³/mol. The number of nitrogens with one attached hydrogen (secondary N) is 2. The number of hydrogen-bond donors (Lipinski definition) is 2. The highest BCUT2D eigenvalue weighted by Crippen LogP contribution is 2.30. The number of carbonyl (C=O) groups is 3. The zero-order valence-corrected chi connectivity index (χ0v) is 24.4. The maximum Gasteiger partial charge on any atom is 0.410 e. The van der Waals surface area contributed by atoms with E-state index in [0.717, 1.165) is 0 Å². The molecule has 236 valence electrons. The molecular weight excluding hydrogens is 564 g/mol. The van der Waals surface area contributed by atoms with Crippen LogP contribution in [-0.2, 0) is 29.6 Å². The van der Waals surface area contributed by atoms with Gasteiger partial charge in [0.15, 0.2) is 0 Å². The summed E-state index contributed by atoms with van der Waals surface area (Å²) in [4.78, 5) is 41.5. The minimum absolute atomic E-state index is 0.0155. The van der Waals surface area contributed by atoms with Crippen molar-refractivity contribution in [2.24, 2.45) is 0 Å². The van der Waals surface area contributed by atoms with E-state index < -0.39 is 60.2 Å². The molecule has 2 N–H and O–H groups in total. The van der Waals surface area contributed by atoms with E-state index >= 15 is 0 Å². The third kappa shape index (κ3) is 9.39. The molecule has 0 radical (unpaired) electrons. The molecule has 1 aliphatic heterocycles. The van der Waals surface area contributed by atoms with Crippen molar-refractivity contribution in [3.05, 3.63) is 48.3 Å². The van der Waals surface area contributed by atoms with Crippen LogP contribution in [-0.4, -0.2) is 98.0 Å². The normalized spacial score (nSPS) is 16.6. The van der Waals surface area contributed by atoms with Gasteiger partial charge >= 0.3 is 12.3 Å². The molecule has 3 amide bonds. The second kappa shape index (κ2) is 15.3. The summed E-state index contributed by atoms with van der Waals surface area (Å²) in [5, 5.41) is 4.61. The van der Waals surface area contributed by atoms with E-state index in [1.54, 1.807) is 38.7 Å². The predicted octanol–water partition coefficient (Wildman–Crippen LogP) is 3.32. The van der Waals surface area contributed by atoms with Crippen molar-refractivity contribution < 1.29 is 46.2 Å². The molecule has 1 aromatic carbocycles. The fraction of sp³-hybridized carbons (Fsp3) is 0.607. The Kier molecular flexibility index (Phi) is 12.7. The van der Waals surface area contributed by atoms with E-state index in [2.05, 4.69) is 11.9 Å². The van der Waals surface area contributed by atoms with Gasteiger partial charge in [-0.25, -0.2) is 9.18 Å². The Bertz CT molecular complexity index is 1080. The van der Waals surface area contributed by atoms with Gasteiger partial charge in [0.25, 0.3) is 0 Å². The van der Waals surface area contributed by atoms with Crippen LogP contribution in [0.3, 0.4) is 0 Å². The maximum absolute atomic E-state index is 14.8. The van der Waals surface area contributed by atoms with Gasteiger partial charge in [-0.2, -0.15) is 13.2 Å². The number of carbonyl (C=O) groups excluding carboxylic acids is 3. The molecule has 0 aromatic heterocycles. The van der Waals surface area contributed by atoms with Gasteiger partial charge in [0.1, 0.15) is 19.0 Å². The molecule has 1 aromatic rings. The number of hydrogen-bond acceptors (Lipinski definition) is 7. The SMILES string of the molecule is C=CCOC(=O)N1CCN(C(C)(C)C(=O)NCC(OCC)(OCC)c2ccccc2F)C[C@H]1CC(=O)NCC(F)(F)F. The molecule has 1 fully saturated rings. The zero-order chi connectivity index (χ0) is 31.6. The van der Waals surface area contributed by atoms with Crippen LogP contribution in [0.2, 0.25) is 0 Å². The first-order chi connectivity index (χ1) is 19.7. The molecule has 1 atom stereocenters. The van der Waals surface area contributed by atoms with E-state index in [9.17, 15) is 31.9 Å². The van der Waals surface area contributed by atoms with Gasteiger partial charge in [-0.1, -0.05) is 30.9 Å². The summed E-state index contributed by atoms with van der Waals surface area (Å²) in [5.74, 6) is -3.57. The molecule has 0 saturated carbocycles.